The number of carbonyl (C=O) groups is 1. The van der Waals surface area contributed by atoms with E-state index in [0.717, 1.165) is 5.56 Å². The van der Waals surface area contributed by atoms with Crippen LogP contribution in [0.25, 0.3) is 0 Å². The predicted octanol–water partition coefficient (Wildman–Crippen LogP) is 2.89. The van der Waals surface area contributed by atoms with Crippen molar-refractivity contribution in [2.75, 3.05) is 19.0 Å². The van der Waals surface area contributed by atoms with Crippen LogP contribution in [0.2, 0.25) is 0 Å². The zero-order valence-electron chi connectivity index (χ0n) is 13.9. The number of anilines is 1. The molecule has 0 aromatic heterocycles. The molecule has 0 radical (unpaired) electrons. The molecule has 0 aliphatic carbocycles. The van der Waals surface area contributed by atoms with Crippen LogP contribution in [0.1, 0.15) is 33.3 Å². The molecule has 2 amide bonds. The van der Waals surface area contributed by atoms with Gasteiger partial charge in [-0.05, 0) is 45.4 Å². The van der Waals surface area contributed by atoms with Crippen LogP contribution in [-0.2, 0) is 21.3 Å². The molecule has 0 unspecified atom stereocenters. The maximum atomic E-state index is 12.2. The topological polar surface area (TPSA) is 67.4 Å². The number of amides is 2. The molecular formula is C16H26N2O3S. The van der Waals surface area contributed by atoms with Crippen LogP contribution in [0.4, 0.5) is 10.5 Å². The van der Waals surface area contributed by atoms with E-state index < -0.39 is 10.8 Å². The summed E-state index contributed by atoms with van der Waals surface area (Å²) in [4.78, 5) is 11.9. The van der Waals surface area contributed by atoms with E-state index in [0.29, 0.717) is 18.0 Å². The van der Waals surface area contributed by atoms with E-state index in [1.54, 1.807) is 7.11 Å². The highest BCUT2D eigenvalue weighted by Crippen LogP contribution is 2.18. The van der Waals surface area contributed by atoms with Gasteiger partial charge in [0, 0.05) is 34.1 Å². The molecule has 2 atom stereocenters. The van der Waals surface area contributed by atoms with Crippen LogP contribution in [0.3, 0.4) is 0 Å². The maximum absolute atomic E-state index is 12.2. The standard InChI is InChI=1S/C16H26N2O3S/c1-12(10-21-5)17-15(19)18-14-8-6-7-13(9-14)11-22(20)16(2,3)4/h6-9,12H,10-11H2,1-5H3,(H2,17,18,19)/t12-,22+/m0/s1. The van der Waals surface area contributed by atoms with Gasteiger partial charge in [0.25, 0.3) is 0 Å². The molecule has 0 bridgehead atoms. The first-order valence-electron chi connectivity index (χ1n) is 7.26. The predicted molar refractivity (Wildman–Crippen MR) is 91.5 cm³/mol. The van der Waals surface area contributed by atoms with Crippen molar-refractivity contribution >= 4 is 22.5 Å². The lowest BCUT2D eigenvalue weighted by molar-refractivity contribution is 0.173. The Kier molecular flexibility index (Phi) is 7.03. The van der Waals surface area contributed by atoms with Crippen LogP contribution in [0, 0.1) is 0 Å². The van der Waals surface area contributed by atoms with E-state index in [-0.39, 0.29) is 16.8 Å². The minimum atomic E-state index is -0.966. The van der Waals surface area contributed by atoms with E-state index >= 15 is 0 Å². The first-order valence-corrected chi connectivity index (χ1v) is 8.58. The number of rotatable bonds is 6. The number of hydrogen-bond acceptors (Lipinski definition) is 3. The Morgan fingerprint density at radius 2 is 2.05 bits per heavy atom. The molecule has 0 fully saturated rings. The quantitative estimate of drug-likeness (QED) is 0.844. The molecule has 124 valence electrons. The molecule has 0 spiro atoms. The smallest absolute Gasteiger partial charge is 0.319 e. The fraction of sp³-hybridized carbons (Fsp3) is 0.562. The van der Waals surface area contributed by atoms with Gasteiger partial charge in [-0.1, -0.05) is 12.1 Å². The van der Waals surface area contributed by atoms with E-state index in [2.05, 4.69) is 10.6 Å². The van der Waals surface area contributed by atoms with Gasteiger partial charge in [-0.25, -0.2) is 4.79 Å². The molecular weight excluding hydrogens is 300 g/mol. The summed E-state index contributed by atoms with van der Waals surface area (Å²) in [5, 5.41) is 5.56. The van der Waals surface area contributed by atoms with Crippen LogP contribution in [0.15, 0.2) is 24.3 Å². The van der Waals surface area contributed by atoms with Gasteiger partial charge in [0.15, 0.2) is 0 Å². The number of urea groups is 1. The van der Waals surface area contributed by atoms with Gasteiger partial charge in [-0.3, -0.25) is 4.21 Å². The summed E-state index contributed by atoms with van der Waals surface area (Å²) in [5.74, 6) is 0.473. The monoisotopic (exact) mass is 326 g/mol. The van der Waals surface area contributed by atoms with Gasteiger partial charge in [0.05, 0.1) is 12.6 Å². The van der Waals surface area contributed by atoms with Crippen molar-refractivity contribution in [3.8, 4) is 0 Å². The van der Waals surface area contributed by atoms with Gasteiger partial charge in [-0.2, -0.15) is 0 Å². The molecule has 5 nitrogen and oxygen atoms in total. The molecule has 0 saturated heterocycles. The molecule has 1 aromatic carbocycles. The number of hydrogen-bond donors (Lipinski definition) is 2. The van der Waals surface area contributed by atoms with Crippen LogP contribution < -0.4 is 10.6 Å². The summed E-state index contributed by atoms with van der Waals surface area (Å²) in [6.45, 7) is 8.19. The third-order valence-electron chi connectivity index (χ3n) is 2.96. The van der Waals surface area contributed by atoms with E-state index in [1.807, 2.05) is 52.0 Å². The molecule has 1 aromatic rings. The molecule has 22 heavy (non-hydrogen) atoms. The second kappa shape index (κ2) is 8.29. The summed E-state index contributed by atoms with van der Waals surface area (Å²) in [7, 11) is 0.626. The van der Waals surface area contributed by atoms with Gasteiger partial charge in [-0.15, -0.1) is 0 Å². The van der Waals surface area contributed by atoms with Crippen molar-refractivity contribution < 1.29 is 13.7 Å². The lowest BCUT2D eigenvalue weighted by Crippen LogP contribution is -2.38. The second-order valence-electron chi connectivity index (χ2n) is 6.26. The van der Waals surface area contributed by atoms with Crippen molar-refractivity contribution in [2.24, 2.45) is 0 Å². The van der Waals surface area contributed by atoms with Crippen LogP contribution in [-0.4, -0.2) is 34.7 Å². The first kappa shape index (κ1) is 18.6. The lowest BCUT2D eigenvalue weighted by Gasteiger charge is -2.18. The van der Waals surface area contributed by atoms with Crippen LogP contribution >= 0.6 is 0 Å². The number of nitrogens with one attached hydrogen (secondary N) is 2. The molecule has 0 heterocycles. The SMILES string of the molecule is COC[C@H](C)NC(=O)Nc1cccc(C[S@@](=O)C(C)(C)C)c1. The van der Waals surface area contributed by atoms with E-state index in [4.69, 9.17) is 4.74 Å². The summed E-state index contributed by atoms with van der Waals surface area (Å²) in [6.07, 6.45) is 0. The highest BCUT2D eigenvalue weighted by Gasteiger charge is 2.19. The molecule has 0 aliphatic rings. The Bertz CT molecular complexity index is 526. The summed E-state index contributed by atoms with van der Waals surface area (Å²) in [5.41, 5.74) is 1.63. The van der Waals surface area contributed by atoms with Crippen molar-refractivity contribution in [3.63, 3.8) is 0 Å². The Morgan fingerprint density at radius 1 is 1.36 bits per heavy atom. The normalized spacial score (nSPS) is 14.2. The second-order valence-corrected chi connectivity index (χ2v) is 8.46. The summed E-state index contributed by atoms with van der Waals surface area (Å²) >= 11 is 0. The number of methoxy groups -OCH3 is 1. The maximum Gasteiger partial charge on any atom is 0.319 e. The van der Waals surface area contributed by atoms with Crippen molar-refractivity contribution in [1.82, 2.24) is 5.32 Å². The molecule has 1 rings (SSSR count). The Labute approximate surface area is 135 Å². The summed E-state index contributed by atoms with van der Waals surface area (Å²) in [6, 6.07) is 7.08. The average molecular weight is 326 g/mol. The van der Waals surface area contributed by atoms with Gasteiger partial charge in [0.1, 0.15) is 0 Å². The number of benzene rings is 1. The van der Waals surface area contributed by atoms with E-state index in [9.17, 15) is 9.00 Å². The van der Waals surface area contributed by atoms with Crippen molar-refractivity contribution in [2.45, 2.75) is 44.2 Å². The third kappa shape index (κ3) is 6.58. The summed E-state index contributed by atoms with van der Waals surface area (Å²) < 4.78 is 16.9. The zero-order valence-corrected chi connectivity index (χ0v) is 14.8. The zero-order chi connectivity index (χ0) is 16.8. The lowest BCUT2D eigenvalue weighted by atomic mass is 10.2. The highest BCUT2D eigenvalue weighted by atomic mass is 32.2. The van der Waals surface area contributed by atoms with Gasteiger partial charge >= 0.3 is 6.03 Å². The Hall–Kier alpha value is -1.40. The first-order chi connectivity index (χ1) is 10.2. The van der Waals surface area contributed by atoms with E-state index in [1.165, 1.54) is 0 Å². The van der Waals surface area contributed by atoms with Gasteiger partial charge in [0.2, 0.25) is 0 Å². The number of ether oxygens (including phenoxy) is 1. The Morgan fingerprint density at radius 3 is 2.64 bits per heavy atom. The third-order valence-corrected chi connectivity index (χ3v) is 4.92. The fourth-order valence-electron chi connectivity index (χ4n) is 1.79. The highest BCUT2D eigenvalue weighted by molar-refractivity contribution is 7.85. The molecule has 2 N–H and O–H groups in total. The average Bonchev–Trinajstić information content (AvgIpc) is 2.37. The fourth-order valence-corrected chi connectivity index (χ4v) is 2.70. The van der Waals surface area contributed by atoms with Gasteiger partial charge < -0.3 is 15.4 Å². The minimum absolute atomic E-state index is 0.0680. The Balaban J connectivity index is 2.64. The minimum Gasteiger partial charge on any atom is -0.383 e. The largest absolute Gasteiger partial charge is 0.383 e. The van der Waals surface area contributed by atoms with Crippen molar-refractivity contribution in [1.29, 1.82) is 0 Å². The molecule has 6 heteroatoms. The molecule has 0 aliphatic heterocycles. The number of carbonyl (C=O) groups excluding carboxylic acids is 1. The van der Waals surface area contributed by atoms with Crippen LogP contribution in [0.5, 0.6) is 0 Å². The van der Waals surface area contributed by atoms with Crippen molar-refractivity contribution in [3.05, 3.63) is 29.8 Å². The molecule has 0 saturated carbocycles.